The smallest absolute Gasteiger partial charge is 0.267 e. The van der Waals surface area contributed by atoms with Crippen LogP contribution in [0.4, 0.5) is 0 Å². The van der Waals surface area contributed by atoms with Crippen molar-refractivity contribution in [3.63, 3.8) is 0 Å². The van der Waals surface area contributed by atoms with E-state index in [-0.39, 0.29) is 19.8 Å². The lowest BCUT2D eigenvalue weighted by Crippen LogP contribution is -2.63. The van der Waals surface area contributed by atoms with Crippen LogP contribution >= 0.6 is 0 Å². The lowest BCUT2D eigenvalue weighted by atomic mass is 9.93. The first-order chi connectivity index (χ1) is 12.9. The summed E-state index contributed by atoms with van der Waals surface area (Å²) in [5.41, 5.74) is 1.55. The second kappa shape index (κ2) is 11.0. The average Bonchev–Trinajstić information content (AvgIpc) is 2.67. The molecule has 0 radical (unpaired) electrons. The number of amides is 2. The lowest BCUT2D eigenvalue weighted by Gasteiger charge is -2.34. The number of aliphatic hydroxyl groups excluding tert-OH is 2. The van der Waals surface area contributed by atoms with Gasteiger partial charge in [0.2, 0.25) is 0 Å². The number of benzene rings is 1. The summed E-state index contributed by atoms with van der Waals surface area (Å²) in [6, 6.07) is 5.24. The Hall–Kier alpha value is -2.88. The van der Waals surface area contributed by atoms with Crippen molar-refractivity contribution < 1.29 is 25.0 Å². The van der Waals surface area contributed by atoms with Crippen molar-refractivity contribution >= 4 is 11.8 Å². The molecular weight excluding hydrogens is 350 g/mol. The number of rotatable bonds is 7. The van der Waals surface area contributed by atoms with Gasteiger partial charge in [-0.1, -0.05) is 11.8 Å². The van der Waals surface area contributed by atoms with E-state index in [4.69, 9.17) is 15.4 Å². The zero-order valence-corrected chi connectivity index (χ0v) is 15.2. The Kier molecular flexibility index (Phi) is 9.00. The minimum Gasteiger partial charge on any atom is -0.395 e. The Labute approximate surface area is 157 Å². The summed E-state index contributed by atoms with van der Waals surface area (Å²) in [5, 5.41) is 32.0. The van der Waals surface area contributed by atoms with Gasteiger partial charge in [0.05, 0.1) is 6.61 Å². The molecule has 0 aliphatic carbocycles. The molecule has 0 aliphatic rings. The molecule has 27 heavy (non-hydrogen) atoms. The third-order valence-corrected chi connectivity index (χ3v) is 3.65. The van der Waals surface area contributed by atoms with Gasteiger partial charge in [0.15, 0.2) is 0 Å². The van der Waals surface area contributed by atoms with E-state index in [1.807, 2.05) is 0 Å². The molecular formula is C19H23N3O5. The lowest BCUT2D eigenvalue weighted by molar-refractivity contribution is -0.133. The number of carbonyl (C=O) groups excluding carboxylic acids is 2. The molecule has 144 valence electrons. The molecule has 0 fully saturated rings. The number of hydroxylamine groups is 1. The number of hydrogen-bond donors (Lipinski definition) is 6. The third kappa shape index (κ3) is 7.10. The maximum absolute atomic E-state index is 12.5. The Balaban J connectivity index is 2.91. The summed E-state index contributed by atoms with van der Waals surface area (Å²) >= 11 is 0. The van der Waals surface area contributed by atoms with E-state index in [2.05, 4.69) is 34.3 Å². The highest BCUT2D eigenvalue weighted by molar-refractivity contribution is 5.97. The van der Waals surface area contributed by atoms with Gasteiger partial charge in [0, 0.05) is 23.2 Å². The summed E-state index contributed by atoms with van der Waals surface area (Å²) in [7, 11) is 0. The molecule has 0 unspecified atom stereocenters. The van der Waals surface area contributed by atoms with E-state index in [9.17, 15) is 9.59 Å². The first-order valence-electron chi connectivity index (χ1n) is 8.16. The Morgan fingerprint density at radius 3 is 2.37 bits per heavy atom. The maximum Gasteiger partial charge on any atom is 0.267 e. The standard InChI is InChI=1S/C19H23N3O5/c1-19(2,20-11-13-24)16(18(26)22-27)21-17(25)15-9-7-14(8-10-15)6-4-3-5-12-23/h7-10,16,20,23-24,27H,11-13H2,1-2H3,(H,21,25)(H,22,26)/t16-/m1/s1. The quantitative estimate of drug-likeness (QED) is 0.206. The Morgan fingerprint density at radius 1 is 1.15 bits per heavy atom. The van der Waals surface area contributed by atoms with Crippen LogP contribution in [0.15, 0.2) is 24.3 Å². The number of nitrogens with one attached hydrogen (secondary N) is 3. The van der Waals surface area contributed by atoms with Crippen LogP contribution in [0.1, 0.15) is 29.8 Å². The first-order valence-corrected chi connectivity index (χ1v) is 8.16. The molecule has 1 aromatic carbocycles. The number of aliphatic hydroxyl groups is 2. The van der Waals surface area contributed by atoms with E-state index in [0.717, 1.165) is 0 Å². The molecule has 1 atom stereocenters. The Morgan fingerprint density at radius 2 is 1.81 bits per heavy atom. The molecule has 0 heterocycles. The minimum absolute atomic E-state index is 0.143. The molecule has 0 saturated heterocycles. The topological polar surface area (TPSA) is 131 Å². The van der Waals surface area contributed by atoms with Gasteiger partial charge in [-0.25, -0.2) is 5.48 Å². The number of β-amino-alcohol motifs (C(OH)–C–C–N with tert-alkyl or cyclic N) is 1. The van der Waals surface area contributed by atoms with Crippen molar-refractivity contribution in [3.8, 4) is 23.7 Å². The molecule has 8 heteroatoms. The van der Waals surface area contributed by atoms with Crippen molar-refractivity contribution in [2.24, 2.45) is 0 Å². The number of carbonyl (C=O) groups is 2. The summed E-state index contributed by atoms with van der Waals surface area (Å²) in [4.78, 5) is 24.5. The minimum atomic E-state index is -1.09. The van der Waals surface area contributed by atoms with Gasteiger partial charge in [-0.3, -0.25) is 14.8 Å². The van der Waals surface area contributed by atoms with Crippen LogP contribution in [0.25, 0.3) is 0 Å². The molecule has 0 aromatic heterocycles. The van der Waals surface area contributed by atoms with Crippen molar-refractivity contribution in [2.45, 2.75) is 25.4 Å². The molecule has 8 nitrogen and oxygen atoms in total. The highest BCUT2D eigenvalue weighted by Gasteiger charge is 2.36. The summed E-state index contributed by atoms with van der Waals surface area (Å²) in [6.07, 6.45) is 0. The van der Waals surface area contributed by atoms with Crippen LogP contribution in [-0.4, -0.2) is 58.6 Å². The van der Waals surface area contributed by atoms with E-state index in [1.165, 1.54) is 0 Å². The molecule has 1 rings (SSSR count). The second-order valence-electron chi connectivity index (χ2n) is 6.04. The van der Waals surface area contributed by atoms with Crippen LogP contribution in [0.5, 0.6) is 0 Å². The van der Waals surface area contributed by atoms with Crippen molar-refractivity contribution in [3.05, 3.63) is 35.4 Å². The van der Waals surface area contributed by atoms with Gasteiger partial charge in [-0.15, -0.1) is 0 Å². The van der Waals surface area contributed by atoms with Crippen LogP contribution < -0.4 is 16.1 Å². The van der Waals surface area contributed by atoms with E-state index in [0.29, 0.717) is 11.1 Å². The van der Waals surface area contributed by atoms with E-state index >= 15 is 0 Å². The highest BCUT2D eigenvalue weighted by Crippen LogP contribution is 2.11. The van der Waals surface area contributed by atoms with Crippen LogP contribution in [0, 0.1) is 23.7 Å². The molecule has 2 amide bonds. The van der Waals surface area contributed by atoms with Crippen molar-refractivity contribution in [1.82, 2.24) is 16.1 Å². The van der Waals surface area contributed by atoms with Gasteiger partial charge in [-0.05, 0) is 50.0 Å². The summed E-state index contributed by atoms with van der Waals surface area (Å²) in [6.45, 7) is 3.13. The van der Waals surface area contributed by atoms with Crippen LogP contribution in [-0.2, 0) is 4.79 Å². The van der Waals surface area contributed by atoms with Gasteiger partial charge in [0.1, 0.15) is 12.6 Å². The fraction of sp³-hybridized carbons (Fsp3) is 0.368. The maximum atomic E-state index is 12.5. The monoisotopic (exact) mass is 373 g/mol. The zero-order valence-electron chi connectivity index (χ0n) is 15.2. The van der Waals surface area contributed by atoms with Gasteiger partial charge in [0.25, 0.3) is 11.8 Å². The van der Waals surface area contributed by atoms with Crippen molar-refractivity contribution in [2.75, 3.05) is 19.8 Å². The summed E-state index contributed by atoms with van der Waals surface area (Å²) < 4.78 is 0. The Bertz CT molecular complexity index is 767. The average molecular weight is 373 g/mol. The SMILES string of the molecule is CC(C)(NCCO)[C@H](NC(=O)c1ccc(C#CC#CCO)cc1)C(=O)NO. The van der Waals surface area contributed by atoms with E-state index in [1.54, 1.807) is 43.6 Å². The number of hydrogen-bond acceptors (Lipinski definition) is 6. The first kappa shape index (κ1) is 22.2. The molecule has 0 saturated carbocycles. The van der Waals surface area contributed by atoms with E-state index < -0.39 is 23.4 Å². The highest BCUT2D eigenvalue weighted by atomic mass is 16.5. The largest absolute Gasteiger partial charge is 0.395 e. The van der Waals surface area contributed by atoms with Gasteiger partial charge in [-0.2, -0.15) is 0 Å². The predicted molar refractivity (Wildman–Crippen MR) is 98.5 cm³/mol. The molecule has 6 N–H and O–H groups in total. The normalized spacial score (nSPS) is 11.3. The molecule has 0 aliphatic heterocycles. The predicted octanol–water partition coefficient (Wildman–Crippen LogP) is -1.00. The fourth-order valence-electron chi connectivity index (χ4n) is 2.22. The van der Waals surface area contributed by atoms with Crippen LogP contribution in [0.3, 0.4) is 0 Å². The van der Waals surface area contributed by atoms with Crippen LogP contribution in [0.2, 0.25) is 0 Å². The molecule has 0 bridgehead atoms. The summed E-state index contributed by atoms with van der Waals surface area (Å²) in [5.74, 6) is 8.90. The fourth-order valence-corrected chi connectivity index (χ4v) is 2.22. The van der Waals surface area contributed by atoms with Gasteiger partial charge < -0.3 is 20.8 Å². The molecule has 0 spiro atoms. The van der Waals surface area contributed by atoms with Gasteiger partial charge >= 0.3 is 0 Å². The zero-order chi connectivity index (χ0) is 20.3. The van der Waals surface area contributed by atoms with Crippen molar-refractivity contribution in [1.29, 1.82) is 0 Å². The third-order valence-electron chi connectivity index (χ3n) is 3.65. The molecule has 1 aromatic rings. The second-order valence-corrected chi connectivity index (χ2v) is 6.04.